The van der Waals surface area contributed by atoms with Crippen LogP contribution >= 0.6 is 0 Å². The summed E-state index contributed by atoms with van der Waals surface area (Å²) in [6, 6.07) is 15.1. The van der Waals surface area contributed by atoms with Gasteiger partial charge in [-0.3, -0.25) is 9.78 Å². The number of esters is 1. The van der Waals surface area contributed by atoms with E-state index in [0.29, 0.717) is 16.9 Å². The number of amides is 1. The number of para-hydroxylation sites is 1. The van der Waals surface area contributed by atoms with Crippen molar-refractivity contribution in [3.05, 3.63) is 65.4 Å². The second-order valence-electron chi connectivity index (χ2n) is 7.19. The van der Waals surface area contributed by atoms with E-state index in [-0.39, 0.29) is 5.91 Å². The standard InChI is InChI=1S/C23H25N3O3/c1-14-19-8-6-7-9-20(19)24-15(2)21(14)23(28)29-16(3)22(27)25-17-10-12-18(13-11-17)26(4)5/h6-13,16H,1-5H3,(H,25,27). The van der Waals surface area contributed by atoms with Crippen LogP contribution in [0.25, 0.3) is 10.9 Å². The van der Waals surface area contributed by atoms with Crippen molar-refractivity contribution in [1.82, 2.24) is 4.98 Å². The Morgan fingerprint density at radius 3 is 2.34 bits per heavy atom. The third-order valence-corrected chi connectivity index (χ3v) is 4.84. The second kappa shape index (κ2) is 8.31. The molecule has 0 spiro atoms. The number of anilines is 2. The van der Waals surface area contributed by atoms with E-state index in [1.54, 1.807) is 13.8 Å². The van der Waals surface area contributed by atoms with Crippen LogP contribution < -0.4 is 10.2 Å². The van der Waals surface area contributed by atoms with E-state index < -0.39 is 12.1 Å². The summed E-state index contributed by atoms with van der Waals surface area (Å²) in [5.41, 5.74) is 4.27. The van der Waals surface area contributed by atoms with E-state index in [1.807, 2.05) is 74.4 Å². The van der Waals surface area contributed by atoms with Crippen LogP contribution in [0.3, 0.4) is 0 Å². The molecule has 2 aromatic carbocycles. The van der Waals surface area contributed by atoms with Crippen LogP contribution in [0.2, 0.25) is 0 Å². The number of benzene rings is 2. The minimum atomic E-state index is -0.943. The van der Waals surface area contributed by atoms with Gasteiger partial charge in [-0.2, -0.15) is 0 Å². The maximum atomic E-state index is 12.8. The molecule has 0 bridgehead atoms. The number of rotatable bonds is 5. The van der Waals surface area contributed by atoms with Crippen molar-refractivity contribution in [2.45, 2.75) is 26.9 Å². The molecule has 0 radical (unpaired) electrons. The highest BCUT2D eigenvalue weighted by atomic mass is 16.5. The zero-order valence-corrected chi connectivity index (χ0v) is 17.3. The first-order valence-electron chi connectivity index (χ1n) is 9.43. The van der Waals surface area contributed by atoms with Gasteiger partial charge < -0.3 is 15.0 Å². The molecule has 0 aliphatic rings. The number of carbonyl (C=O) groups is 2. The Kier molecular flexibility index (Phi) is 5.82. The fraction of sp³-hybridized carbons (Fsp3) is 0.261. The molecule has 1 amide bonds. The van der Waals surface area contributed by atoms with Crippen LogP contribution in [0.15, 0.2) is 48.5 Å². The predicted octanol–water partition coefficient (Wildman–Crippen LogP) is 4.10. The second-order valence-corrected chi connectivity index (χ2v) is 7.19. The van der Waals surface area contributed by atoms with Crippen molar-refractivity contribution in [3.63, 3.8) is 0 Å². The molecule has 0 aliphatic carbocycles. The molecule has 0 aliphatic heterocycles. The number of pyridine rings is 1. The SMILES string of the molecule is Cc1nc2ccccc2c(C)c1C(=O)OC(C)C(=O)Nc1ccc(N(C)C)cc1. The number of ether oxygens (including phenoxy) is 1. The van der Waals surface area contributed by atoms with E-state index in [2.05, 4.69) is 10.3 Å². The lowest BCUT2D eigenvalue weighted by atomic mass is 10.0. The molecule has 1 aromatic heterocycles. The van der Waals surface area contributed by atoms with Gasteiger partial charge in [0.2, 0.25) is 0 Å². The highest BCUT2D eigenvalue weighted by molar-refractivity contribution is 6.01. The van der Waals surface area contributed by atoms with Crippen molar-refractivity contribution < 1.29 is 14.3 Å². The van der Waals surface area contributed by atoms with Gasteiger partial charge in [0.25, 0.3) is 5.91 Å². The third kappa shape index (κ3) is 4.37. The first-order chi connectivity index (χ1) is 13.8. The molecule has 6 nitrogen and oxygen atoms in total. The lowest BCUT2D eigenvalue weighted by Crippen LogP contribution is -2.30. The van der Waals surface area contributed by atoms with E-state index in [0.717, 1.165) is 22.2 Å². The largest absolute Gasteiger partial charge is 0.449 e. The summed E-state index contributed by atoms with van der Waals surface area (Å²) >= 11 is 0. The lowest BCUT2D eigenvalue weighted by Gasteiger charge is -2.17. The normalized spacial score (nSPS) is 11.8. The lowest BCUT2D eigenvalue weighted by molar-refractivity contribution is -0.123. The smallest absolute Gasteiger partial charge is 0.341 e. The summed E-state index contributed by atoms with van der Waals surface area (Å²) in [5.74, 6) is -0.941. The van der Waals surface area contributed by atoms with Crippen molar-refractivity contribution in [1.29, 1.82) is 0 Å². The van der Waals surface area contributed by atoms with Gasteiger partial charge in [-0.15, -0.1) is 0 Å². The molecule has 0 saturated carbocycles. The molecule has 29 heavy (non-hydrogen) atoms. The van der Waals surface area contributed by atoms with Crippen molar-refractivity contribution >= 4 is 34.2 Å². The average molecular weight is 391 g/mol. The van der Waals surface area contributed by atoms with Gasteiger partial charge >= 0.3 is 5.97 Å². The van der Waals surface area contributed by atoms with Crippen LogP contribution in [0, 0.1) is 13.8 Å². The number of nitrogens with zero attached hydrogens (tertiary/aromatic N) is 2. The highest BCUT2D eigenvalue weighted by Gasteiger charge is 2.23. The maximum absolute atomic E-state index is 12.8. The molecule has 3 rings (SSSR count). The highest BCUT2D eigenvalue weighted by Crippen LogP contribution is 2.23. The zero-order chi connectivity index (χ0) is 21.1. The van der Waals surface area contributed by atoms with Gasteiger partial charge in [0.05, 0.1) is 16.8 Å². The number of fused-ring (bicyclic) bond motifs is 1. The Labute approximate surface area is 170 Å². The van der Waals surface area contributed by atoms with Gasteiger partial charge in [0.15, 0.2) is 6.10 Å². The fourth-order valence-corrected chi connectivity index (χ4v) is 3.19. The minimum absolute atomic E-state index is 0.389. The molecule has 3 aromatic rings. The Balaban J connectivity index is 1.73. The van der Waals surface area contributed by atoms with E-state index >= 15 is 0 Å². The van der Waals surface area contributed by atoms with E-state index in [1.165, 1.54) is 0 Å². The molecule has 150 valence electrons. The summed E-state index contributed by atoms with van der Waals surface area (Å²) in [7, 11) is 3.89. The first kappa shape index (κ1) is 20.3. The molecule has 1 atom stereocenters. The molecule has 1 heterocycles. The topological polar surface area (TPSA) is 71.5 Å². The Hall–Kier alpha value is -3.41. The summed E-state index contributed by atoms with van der Waals surface area (Å²) in [4.78, 5) is 31.7. The van der Waals surface area contributed by atoms with Crippen molar-refractivity contribution in [3.8, 4) is 0 Å². The number of hydrogen-bond acceptors (Lipinski definition) is 5. The van der Waals surface area contributed by atoms with Gasteiger partial charge in [-0.05, 0) is 56.7 Å². The summed E-state index contributed by atoms with van der Waals surface area (Å²) in [6.45, 7) is 5.19. The monoisotopic (exact) mass is 391 g/mol. The van der Waals surface area contributed by atoms with Gasteiger partial charge in [0, 0.05) is 30.9 Å². The number of carbonyl (C=O) groups excluding carboxylic acids is 2. The van der Waals surface area contributed by atoms with Crippen LogP contribution in [0.1, 0.15) is 28.5 Å². The fourth-order valence-electron chi connectivity index (χ4n) is 3.19. The van der Waals surface area contributed by atoms with E-state index in [9.17, 15) is 9.59 Å². The molecule has 1 unspecified atom stereocenters. The third-order valence-electron chi connectivity index (χ3n) is 4.84. The Morgan fingerprint density at radius 2 is 1.69 bits per heavy atom. The van der Waals surface area contributed by atoms with E-state index in [4.69, 9.17) is 4.74 Å². The number of aryl methyl sites for hydroxylation is 2. The molecule has 1 N–H and O–H groups in total. The van der Waals surface area contributed by atoms with Crippen molar-refractivity contribution in [2.24, 2.45) is 0 Å². The number of hydrogen-bond donors (Lipinski definition) is 1. The Bertz CT molecular complexity index is 1060. The number of nitrogens with one attached hydrogen (secondary N) is 1. The molecule has 0 saturated heterocycles. The Morgan fingerprint density at radius 1 is 1.03 bits per heavy atom. The molecular weight excluding hydrogens is 366 g/mol. The van der Waals surface area contributed by atoms with Gasteiger partial charge in [-0.1, -0.05) is 18.2 Å². The average Bonchev–Trinajstić information content (AvgIpc) is 2.68. The summed E-state index contributed by atoms with van der Waals surface area (Å²) in [5, 5.41) is 3.67. The van der Waals surface area contributed by atoms with Gasteiger partial charge in [0.1, 0.15) is 0 Å². The first-order valence-corrected chi connectivity index (χ1v) is 9.43. The van der Waals surface area contributed by atoms with Crippen molar-refractivity contribution in [2.75, 3.05) is 24.3 Å². The van der Waals surface area contributed by atoms with Gasteiger partial charge in [-0.25, -0.2) is 4.79 Å². The summed E-state index contributed by atoms with van der Waals surface area (Å²) < 4.78 is 5.44. The van der Waals surface area contributed by atoms with Crippen LogP contribution in [0.5, 0.6) is 0 Å². The molecular formula is C23H25N3O3. The minimum Gasteiger partial charge on any atom is -0.449 e. The zero-order valence-electron chi connectivity index (χ0n) is 17.3. The predicted molar refractivity (Wildman–Crippen MR) is 115 cm³/mol. The quantitative estimate of drug-likeness (QED) is 0.663. The molecule has 0 fully saturated rings. The summed E-state index contributed by atoms with van der Waals surface area (Å²) in [6.07, 6.45) is -0.943. The van der Waals surface area contributed by atoms with Crippen LogP contribution in [0.4, 0.5) is 11.4 Å². The maximum Gasteiger partial charge on any atom is 0.341 e. The number of aromatic nitrogens is 1. The van der Waals surface area contributed by atoms with Crippen LogP contribution in [-0.2, 0) is 9.53 Å². The van der Waals surface area contributed by atoms with Crippen LogP contribution in [-0.4, -0.2) is 37.1 Å². The molecule has 6 heteroatoms.